The minimum absolute atomic E-state index is 0.112. The van der Waals surface area contributed by atoms with Crippen molar-refractivity contribution in [3.05, 3.63) is 53.6 Å². The first-order chi connectivity index (χ1) is 9.36. The summed E-state index contributed by atoms with van der Waals surface area (Å²) in [5.41, 5.74) is -0.380. The molecule has 0 amide bonds. The van der Waals surface area contributed by atoms with Crippen molar-refractivity contribution in [2.75, 3.05) is 0 Å². The van der Waals surface area contributed by atoms with Crippen LogP contribution >= 0.6 is 0 Å². The van der Waals surface area contributed by atoms with E-state index in [-0.39, 0.29) is 17.2 Å². The van der Waals surface area contributed by atoms with E-state index in [1.807, 2.05) is 0 Å². The molecule has 20 heavy (non-hydrogen) atoms. The zero-order valence-electron chi connectivity index (χ0n) is 10.1. The summed E-state index contributed by atoms with van der Waals surface area (Å²) >= 11 is 0. The van der Waals surface area contributed by atoms with Gasteiger partial charge in [0.05, 0.1) is 11.3 Å². The zero-order chi connectivity index (χ0) is 14.8. The first-order valence-corrected chi connectivity index (χ1v) is 5.59. The van der Waals surface area contributed by atoms with Crippen LogP contribution in [0.2, 0.25) is 0 Å². The first-order valence-electron chi connectivity index (χ1n) is 5.59. The van der Waals surface area contributed by atoms with Crippen LogP contribution in [0.25, 0.3) is 0 Å². The predicted molar refractivity (Wildman–Crippen MR) is 68.5 cm³/mol. The SMILES string of the molecule is Oc1ccc(C=Nc2cccc(C(F)(F)F)c2)c(O)c1. The third-order valence-electron chi connectivity index (χ3n) is 2.54. The second kappa shape index (κ2) is 5.24. The number of rotatable bonds is 2. The average molecular weight is 281 g/mol. The number of benzene rings is 2. The molecule has 0 saturated carbocycles. The number of nitrogens with zero attached hydrogens (tertiary/aromatic N) is 1. The fraction of sp³-hybridized carbons (Fsp3) is 0.0714. The molecule has 0 bridgehead atoms. The standard InChI is InChI=1S/C14H10F3NO2/c15-14(16,17)10-2-1-3-11(6-10)18-8-9-4-5-12(19)7-13(9)20/h1-8,19-20H. The quantitative estimate of drug-likeness (QED) is 0.821. The molecule has 2 aromatic carbocycles. The summed E-state index contributed by atoms with van der Waals surface area (Å²) in [6.45, 7) is 0. The lowest BCUT2D eigenvalue weighted by Crippen LogP contribution is -2.03. The Morgan fingerprint density at radius 3 is 2.40 bits per heavy atom. The van der Waals surface area contributed by atoms with E-state index in [0.29, 0.717) is 5.56 Å². The maximum Gasteiger partial charge on any atom is 0.416 e. The van der Waals surface area contributed by atoms with E-state index in [4.69, 9.17) is 5.11 Å². The molecule has 6 heteroatoms. The van der Waals surface area contributed by atoms with Crippen LogP contribution in [0.5, 0.6) is 11.5 Å². The van der Waals surface area contributed by atoms with Crippen LogP contribution in [0.15, 0.2) is 47.5 Å². The van der Waals surface area contributed by atoms with Gasteiger partial charge < -0.3 is 10.2 Å². The van der Waals surface area contributed by atoms with Crippen LogP contribution in [0.3, 0.4) is 0 Å². The highest BCUT2D eigenvalue weighted by atomic mass is 19.4. The number of halogens is 3. The van der Waals surface area contributed by atoms with Crippen molar-refractivity contribution < 1.29 is 23.4 Å². The molecular weight excluding hydrogens is 271 g/mol. The van der Waals surface area contributed by atoms with Gasteiger partial charge in [0.25, 0.3) is 0 Å². The van der Waals surface area contributed by atoms with Gasteiger partial charge in [-0.25, -0.2) is 0 Å². The molecule has 0 aliphatic heterocycles. The van der Waals surface area contributed by atoms with Crippen molar-refractivity contribution in [3.8, 4) is 11.5 Å². The summed E-state index contributed by atoms with van der Waals surface area (Å²) < 4.78 is 37.6. The molecule has 0 aliphatic carbocycles. The Kier molecular flexibility index (Phi) is 3.65. The van der Waals surface area contributed by atoms with Gasteiger partial charge in [-0.2, -0.15) is 13.2 Å². The largest absolute Gasteiger partial charge is 0.508 e. The number of alkyl halides is 3. The molecule has 0 aromatic heterocycles. The maximum atomic E-state index is 12.5. The third kappa shape index (κ3) is 3.28. The van der Waals surface area contributed by atoms with E-state index in [9.17, 15) is 18.3 Å². The van der Waals surface area contributed by atoms with Crippen LogP contribution in [-0.2, 0) is 6.18 Å². The van der Waals surface area contributed by atoms with Crippen LogP contribution in [0.1, 0.15) is 11.1 Å². The number of aromatic hydroxyl groups is 2. The smallest absolute Gasteiger partial charge is 0.416 e. The Morgan fingerprint density at radius 1 is 1.00 bits per heavy atom. The fourth-order valence-corrected chi connectivity index (χ4v) is 1.55. The van der Waals surface area contributed by atoms with Gasteiger partial charge in [0.15, 0.2) is 0 Å². The molecule has 0 radical (unpaired) electrons. The van der Waals surface area contributed by atoms with Crippen LogP contribution < -0.4 is 0 Å². The highest BCUT2D eigenvalue weighted by molar-refractivity contribution is 5.85. The summed E-state index contributed by atoms with van der Waals surface area (Å²) in [7, 11) is 0. The van der Waals surface area contributed by atoms with Gasteiger partial charge in [-0.15, -0.1) is 0 Å². The fourth-order valence-electron chi connectivity index (χ4n) is 1.55. The van der Waals surface area contributed by atoms with Crippen LogP contribution in [0, 0.1) is 0 Å². The molecule has 0 fully saturated rings. The number of hydrogen-bond acceptors (Lipinski definition) is 3. The third-order valence-corrected chi connectivity index (χ3v) is 2.54. The highest BCUT2D eigenvalue weighted by Crippen LogP contribution is 2.31. The molecule has 0 saturated heterocycles. The van der Waals surface area contributed by atoms with E-state index < -0.39 is 11.7 Å². The van der Waals surface area contributed by atoms with Gasteiger partial charge in [-0.3, -0.25) is 4.99 Å². The van der Waals surface area contributed by atoms with Gasteiger partial charge in [0.2, 0.25) is 0 Å². The molecule has 3 nitrogen and oxygen atoms in total. The molecule has 0 spiro atoms. The Bertz CT molecular complexity index is 651. The topological polar surface area (TPSA) is 52.8 Å². The van der Waals surface area contributed by atoms with E-state index >= 15 is 0 Å². The van der Waals surface area contributed by atoms with Crippen molar-refractivity contribution in [2.45, 2.75) is 6.18 Å². The van der Waals surface area contributed by atoms with Gasteiger partial charge in [0, 0.05) is 17.8 Å². The summed E-state index contributed by atoms with van der Waals surface area (Å²) in [4.78, 5) is 3.87. The van der Waals surface area contributed by atoms with Crippen molar-refractivity contribution in [2.24, 2.45) is 4.99 Å². The number of phenolic OH excluding ortho intramolecular Hbond substituents is 2. The molecule has 104 valence electrons. The summed E-state index contributed by atoms with van der Waals surface area (Å²) in [5, 5.41) is 18.6. The van der Waals surface area contributed by atoms with Crippen molar-refractivity contribution in [1.82, 2.24) is 0 Å². The van der Waals surface area contributed by atoms with Gasteiger partial charge in [0.1, 0.15) is 11.5 Å². The maximum absolute atomic E-state index is 12.5. The van der Waals surface area contributed by atoms with E-state index in [1.165, 1.54) is 30.5 Å². The van der Waals surface area contributed by atoms with Gasteiger partial charge >= 0.3 is 6.18 Å². The van der Waals surface area contributed by atoms with Gasteiger partial charge in [-0.1, -0.05) is 6.07 Å². The second-order valence-corrected chi connectivity index (χ2v) is 4.05. The normalized spacial score (nSPS) is 11.9. The minimum atomic E-state index is -4.42. The van der Waals surface area contributed by atoms with E-state index in [2.05, 4.69) is 4.99 Å². The Labute approximate surface area is 112 Å². The number of aliphatic imine (C=N–C) groups is 1. The minimum Gasteiger partial charge on any atom is -0.508 e. The molecule has 2 rings (SSSR count). The molecule has 0 aliphatic rings. The van der Waals surface area contributed by atoms with Crippen LogP contribution in [0.4, 0.5) is 18.9 Å². The first kappa shape index (κ1) is 13.9. The molecule has 0 atom stereocenters. The lowest BCUT2D eigenvalue weighted by atomic mass is 10.2. The summed E-state index contributed by atoms with van der Waals surface area (Å²) in [6.07, 6.45) is -3.20. The Morgan fingerprint density at radius 2 is 1.75 bits per heavy atom. The van der Waals surface area contributed by atoms with Crippen molar-refractivity contribution in [1.29, 1.82) is 0 Å². The van der Waals surface area contributed by atoms with E-state index in [1.54, 1.807) is 0 Å². The number of hydrogen-bond donors (Lipinski definition) is 2. The predicted octanol–water partition coefficient (Wildman–Crippen LogP) is 3.87. The molecule has 0 heterocycles. The van der Waals surface area contributed by atoms with Crippen LogP contribution in [-0.4, -0.2) is 16.4 Å². The number of phenols is 2. The zero-order valence-corrected chi connectivity index (χ0v) is 10.1. The Balaban J connectivity index is 2.28. The molecular formula is C14H10F3NO2. The second-order valence-electron chi connectivity index (χ2n) is 4.05. The van der Waals surface area contributed by atoms with Crippen molar-refractivity contribution >= 4 is 11.9 Å². The Hall–Kier alpha value is -2.50. The highest BCUT2D eigenvalue weighted by Gasteiger charge is 2.30. The lowest BCUT2D eigenvalue weighted by Gasteiger charge is -2.06. The van der Waals surface area contributed by atoms with Crippen molar-refractivity contribution in [3.63, 3.8) is 0 Å². The van der Waals surface area contributed by atoms with Gasteiger partial charge in [-0.05, 0) is 30.3 Å². The molecule has 2 N–H and O–H groups in total. The lowest BCUT2D eigenvalue weighted by molar-refractivity contribution is -0.137. The molecule has 2 aromatic rings. The van der Waals surface area contributed by atoms with E-state index in [0.717, 1.165) is 18.2 Å². The summed E-state index contributed by atoms with van der Waals surface area (Å²) in [5.74, 6) is -0.320. The average Bonchev–Trinajstić information content (AvgIpc) is 2.37. The summed E-state index contributed by atoms with van der Waals surface area (Å²) in [6, 6.07) is 8.41. The molecule has 0 unspecified atom stereocenters. The monoisotopic (exact) mass is 281 g/mol.